The van der Waals surface area contributed by atoms with Gasteiger partial charge < -0.3 is 10.4 Å². The number of phenolic OH excluding ortho intramolecular Hbond substituents is 1. The van der Waals surface area contributed by atoms with Crippen LogP contribution >= 0.6 is 31.9 Å². The van der Waals surface area contributed by atoms with E-state index in [9.17, 15) is 9.90 Å². The summed E-state index contributed by atoms with van der Waals surface area (Å²) in [6, 6.07) is 10.2. The third-order valence-electron chi connectivity index (χ3n) is 2.57. The van der Waals surface area contributed by atoms with Crippen LogP contribution in [0.5, 0.6) is 5.75 Å². The van der Waals surface area contributed by atoms with E-state index in [4.69, 9.17) is 0 Å². The van der Waals surface area contributed by atoms with Crippen molar-refractivity contribution in [3.8, 4) is 5.75 Å². The summed E-state index contributed by atoms with van der Waals surface area (Å²) in [5.74, 6) is -0.400. The second-order valence-corrected chi connectivity index (χ2v) is 5.78. The van der Waals surface area contributed by atoms with Gasteiger partial charge in [0.1, 0.15) is 5.75 Å². The Morgan fingerprint density at radius 1 is 1.16 bits per heavy atom. The van der Waals surface area contributed by atoms with Crippen molar-refractivity contribution in [2.45, 2.75) is 6.92 Å². The standard InChI is InChI=1S/C14H11Br2NO2/c1-8-6-10(15)13(11(16)7-8)17-14(19)9-4-2-3-5-12(9)18/h2-7,18H,1H3,(H,17,19). The molecule has 0 aliphatic rings. The van der Waals surface area contributed by atoms with Crippen LogP contribution in [-0.4, -0.2) is 11.0 Å². The van der Waals surface area contributed by atoms with Gasteiger partial charge in [0.2, 0.25) is 0 Å². The van der Waals surface area contributed by atoms with Crippen molar-refractivity contribution in [2.75, 3.05) is 5.32 Å². The molecule has 2 aromatic carbocycles. The van der Waals surface area contributed by atoms with E-state index < -0.39 is 0 Å². The highest BCUT2D eigenvalue weighted by atomic mass is 79.9. The zero-order valence-corrected chi connectivity index (χ0v) is 13.2. The van der Waals surface area contributed by atoms with Gasteiger partial charge in [-0.2, -0.15) is 0 Å². The number of para-hydroxylation sites is 1. The number of rotatable bonds is 2. The van der Waals surface area contributed by atoms with Gasteiger partial charge in [-0.25, -0.2) is 0 Å². The molecule has 2 aromatic rings. The average molecular weight is 385 g/mol. The third-order valence-corrected chi connectivity index (χ3v) is 3.82. The quantitative estimate of drug-likeness (QED) is 0.801. The van der Waals surface area contributed by atoms with Crippen molar-refractivity contribution in [1.29, 1.82) is 0 Å². The van der Waals surface area contributed by atoms with Crippen LogP contribution in [0.15, 0.2) is 45.3 Å². The maximum Gasteiger partial charge on any atom is 0.259 e. The lowest BCUT2D eigenvalue weighted by Crippen LogP contribution is -2.13. The lowest BCUT2D eigenvalue weighted by Gasteiger charge is -2.11. The van der Waals surface area contributed by atoms with Crippen molar-refractivity contribution >= 4 is 43.5 Å². The van der Waals surface area contributed by atoms with E-state index in [0.29, 0.717) is 5.69 Å². The van der Waals surface area contributed by atoms with Crippen LogP contribution in [0.2, 0.25) is 0 Å². The lowest BCUT2D eigenvalue weighted by atomic mass is 10.1. The lowest BCUT2D eigenvalue weighted by molar-refractivity contribution is 0.102. The highest BCUT2D eigenvalue weighted by molar-refractivity contribution is 9.11. The molecule has 5 heteroatoms. The number of carbonyl (C=O) groups is 1. The molecule has 2 rings (SSSR count). The smallest absolute Gasteiger partial charge is 0.259 e. The summed E-state index contributed by atoms with van der Waals surface area (Å²) in [4.78, 5) is 12.1. The van der Waals surface area contributed by atoms with E-state index in [1.54, 1.807) is 18.2 Å². The molecular weight excluding hydrogens is 374 g/mol. The van der Waals surface area contributed by atoms with Crippen molar-refractivity contribution in [3.05, 3.63) is 56.5 Å². The fourth-order valence-corrected chi connectivity index (χ4v) is 3.28. The number of benzene rings is 2. The van der Waals surface area contributed by atoms with E-state index in [1.165, 1.54) is 6.07 Å². The van der Waals surface area contributed by atoms with Crippen LogP contribution in [0.3, 0.4) is 0 Å². The molecule has 3 nitrogen and oxygen atoms in total. The summed E-state index contributed by atoms with van der Waals surface area (Å²) < 4.78 is 1.56. The Hall–Kier alpha value is -1.33. The number of hydrogen-bond acceptors (Lipinski definition) is 2. The first kappa shape index (κ1) is 14.1. The molecular formula is C14H11Br2NO2. The molecule has 0 atom stereocenters. The molecule has 0 aliphatic carbocycles. The second-order valence-electron chi connectivity index (χ2n) is 4.07. The second kappa shape index (κ2) is 5.75. The van der Waals surface area contributed by atoms with E-state index in [2.05, 4.69) is 37.2 Å². The maximum absolute atomic E-state index is 12.1. The zero-order valence-electron chi connectivity index (χ0n) is 10.1. The minimum atomic E-state index is -0.358. The number of nitrogens with one attached hydrogen (secondary N) is 1. The monoisotopic (exact) mass is 383 g/mol. The van der Waals surface area contributed by atoms with Crippen LogP contribution in [0.1, 0.15) is 15.9 Å². The van der Waals surface area contributed by atoms with Crippen molar-refractivity contribution in [2.24, 2.45) is 0 Å². The number of halogens is 2. The first-order chi connectivity index (χ1) is 8.99. The van der Waals surface area contributed by atoms with Crippen LogP contribution in [0.25, 0.3) is 0 Å². The molecule has 0 bridgehead atoms. The van der Waals surface area contributed by atoms with Crippen molar-refractivity contribution in [3.63, 3.8) is 0 Å². The van der Waals surface area contributed by atoms with Crippen molar-refractivity contribution < 1.29 is 9.90 Å². The number of phenols is 1. The molecule has 2 N–H and O–H groups in total. The molecule has 0 fully saturated rings. The third kappa shape index (κ3) is 3.16. The van der Waals surface area contributed by atoms with Crippen LogP contribution in [-0.2, 0) is 0 Å². The van der Waals surface area contributed by atoms with Crippen LogP contribution < -0.4 is 5.32 Å². The largest absolute Gasteiger partial charge is 0.507 e. The fraction of sp³-hybridized carbons (Fsp3) is 0.0714. The molecule has 19 heavy (non-hydrogen) atoms. The molecule has 0 heterocycles. The van der Waals surface area contributed by atoms with E-state index in [1.807, 2.05) is 19.1 Å². The van der Waals surface area contributed by atoms with Gasteiger partial charge in [-0.1, -0.05) is 12.1 Å². The highest BCUT2D eigenvalue weighted by Gasteiger charge is 2.14. The van der Waals surface area contributed by atoms with Gasteiger partial charge in [0, 0.05) is 8.95 Å². The highest BCUT2D eigenvalue weighted by Crippen LogP contribution is 2.33. The van der Waals surface area contributed by atoms with Gasteiger partial charge in [-0.05, 0) is 68.6 Å². The molecule has 1 amide bonds. The molecule has 0 saturated heterocycles. The number of carbonyl (C=O) groups excluding carboxylic acids is 1. The number of aromatic hydroxyl groups is 1. The summed E-state index contributed by atoms with van der Waals surface area (Å²) in [6.45, 7) is 1.96. The fourth-order valence-electron chi connectivity index (χ4n) is 1.67. The zero-order chi connectivity index (χ0) is 14.0. The Morgan fingerprint density at radius 2 is 1.74 bits per heavy atom. The summed E-state index contributed by atoms with van der Waals surface area (Å²) in [6.07, 6.45) is 0. The molecule has 0 aliphatic heterocycles. The predicted molar refractivity (Wildman–Crippen MR) is 82.6 cm³/mol. The normalized spacial score (nSPS) is 10.3. The summed E-state index contributed by atoms with van der Waals surface area (Å²) in [5, 5.41) is 12.4. The molecule has 98 valence electrons. The molecule has 0 saturated carbocycles. The molecule has 0 unspecified atom stereocenters. The Labute approximate surface area is 127 Å². The predicted octanol–water partition coefficient (Wildman–Crippen LogP) is 4.48. The van der Waals surface area contributed by atoms with Crippen molar-refractivity contribution in [1.82, 2.24) is 0 Å². The van der Waals surface area contributed by atoms with E-state index in [0.717, 1.165) is 14.5 Å². The Kier molecular flexibility index (Phi) is 4.27. The van der Waals surface area contributed by atoms with Gasteiger partial charge in [0.25, 0.3) is 5.91 Å². The minimum absolute atomic E-state index is 0.0423. The first-order valence-electron chi connectivity index (χ1n) is 5.54. The number of amides is 1. The average Bonchev–Trinajstić information content (AvgIpc) is 2.34. The number of aryl methyl sites for hydroxylation is 1. The SMILES string of the molecule is Cc1cc(Br)c(NC(=O)c2ccccc2O)c(Br)c1. The molecule has 0 spiro atoms. The van der Waals surface area contributed by atoms with Gasteiger partial charge in [0.15, 0.2) is 0 Å². The number of anilines is 1. The van der Waals surface area contributed by atoms with Gasteiger partial charge in [-0.3, -0.25) is 4.79 Å². The van der Waals surface area contributed by atoms with Crippen LogP contribution in [0.4, 0.5) is 5.69 Å². The maximum atomic E-state index is 12.1. The van der Waals surface area contributed by atoms with Gasteiger partial charge in [-0.15, -0.1) is 0 Å². The summed E-state index contributed by atoms with van der Waals surface area (Å²) in [5.41, 5.74) is 1.94. The first-order valence-corrected chi connectivity index (χ1v) is 7.12. The Morgan fingerprint density at radius 3 is 2.32 bits per heavy atom. The number of hydrogen-bond donors (Lipinski definition) is 2. The van der Waals surface area contributed by atoms with Gasteiger partial charge in [0.05, 0.1) is 11.3 Å². The summed E-state index contributed by atoms with van der Waals surface area (Å²) in [7, 11) is 0. The molecule has 0 radical (unpaired) electrons. The topological polar surface area (TPSA) is 49.3 Å². The van der Waals surface area contributed by atoms with E-state index >= 15 is 0 Å². The molecule has 0 aromatic heterocycles. The Bertz CT molecular complexity index is 618. The summed E-state index contributed by atoms with van der Waals surface area (Å²) >= 11 is 6.82. The van der Waals surface area contributed by atoms with E-state index in [-0.39, 0.29) is 17.2 Å². The Balaban J connectivity index is 2.32. The van der Waals surface area contributed by atoms with Gasteiger partial charge >= 0.3 is 0 Å². The minimum Gasteiger partial charge on any atom is -0.507 e. The van der Waals surface area contributed by atoms with Crippen LogP contribution in [0, 0.1) is 6.92 Å².